The summed E-state index contributed by atoms with van der Waals surface area (Å²) in [5.41, 5.74) is 0.852. The number of anilines is 1. The Labute approximate surface area is 142 Å². The lowest BCUT2D eigenvalue weighted by molar-refractivity contribution is -0.138. The molecule has 2 amide bonds. The molecule has 0 aliphatic carbocycles. The molecule has 0 saturated carbocycles. The Bertz CT molecular complexity index is 593. The number of benzene rings is 1. The van der Waals surface area contributed by atoms with E-state index in [2.05, 4.69) is 22.6 Å². The van der Waals surface area contributed by atoms with Crippen LogP contribution in [0.25, 0.3) is 0 Å². The van der Waals surface area contributed by atoms with Crippen LogP contribution in [0.3, 0.4) is 0 Å². The number of hydrogen-bond donors (Lipinski definition) is 0. The van der Waals surface area contributed by atoms with Crippen LogP contribution in [-0.2, 0) is 9.59 Å². The molecule has 0 bridgehead atoms. The first-order chi connectivity index (χ1) is 10.1. The number of carbonyl (C=O) groups excluding carboxylic acids is 2. The van der Waals surface area contributed by atoms with Gasteiger partial charge in [0.15, 0.2) is 0 Å². The summed E-state index contributed by atoms with van der Waals surface area (Å²) < 4.78 is 0.935. The van der Waals surface area contributed by atoms with Crippen molar-refractivity contribution in [1.82, 2.24) is 4.90 Å². The van der Waals surface area contributed by atoms with Gasteiger partial charge < -0.3 is 9.80 Å². The highest BCUT2D eigenvalue weighted by Crippen LogP contribution is 2.30. The van der Waals surface area contributed by atoms with Crippen molar-refractivity contribution < 1.29 is 9.59 Å². The van der Waals surface area contributed by atoms with E-state index in [1.165, 1.54) is 0 Å². The fraction of sp³-hybridized carbons (Fsp3) is 0.467. The van der Waals surface area contributed by atoms with Crippen LogP contribution in [0.4, 0.5) is 5.69 Å². The van der Waals surface area contributed by atoms with Crippen molar-refractivity contribution in [3.8, 4) is 0 Å². The van der Waals surface area contributed by atoms with Gasteiger partial charge in [-0.15, -0.1) is 0 Å². The Kier molecular flexibility index (Phi) is 4.40. The molecular formula is C15H16ClIN2O2. The van der Waals surface area contributed by atoms with E-state index in [9.17, 15) is 9.59 Å². The minimum absolute atomic E-state index is 0.0424. The molecule has 2 aliphatic rings. The molecule has 6 heteroatoms. The third-order valence-electron chi connectivity index (χ3n) is 4.12. The van der Waals surface area contributed by atoms with Gasteiger partial charge in [-0.05, 0) is 60.1 Å². The van der Waals surface area contributed by atoms with Crippen molar-refractivity contribution >= 4 is 51.7 Å². The normalized spacial score (nSPS) is 23.0. The quantitative estimate of drug-likeness (QED) is 0.658. The van der Waals surface area contributed by atoms with Crippen LogP contribution in [-0.4, -0.2) is 35.8 Å². The molecule has 4 nitrogen and oxygen atoms in total. The Balaban J connectivity index is 1.95. The first-order valence-electron chi connectivity index (χ1n) is 7.14. The summed E-state index contributed by atoms with van der Waals surface area (Å²) in [4.78, 5) is 28.6. The number of nitrogens with zero attached hydrogens (tertiary/aromatic N) is 2. The lowest BCUT2D eigenvalue weighted by Crippen LogP contribution is -2.50. The molecule has 1 aromatic rings. The predicted molar refractivity (Wildman–Crippen MR) is 90.5 cm³/mol. The third kappa shape index (κ3) is 2.90. The Morgan fingerprint density at radius 3 is 2.76 bits per heavy atom. The number of hydrogen-bond acceptors (Lipinski definition) is 2. The summed E-state index contributed by atoms with van der Waals surface area (Å²) in [6, 6.07) is 5.21. The lowest BCUT2D eigenvalue weighted by atomic mass is 10.0. The number of halogens is 2. The average Bonchev–Trinajstić information content (AvgIpc) is 2.59. The molecule has 2 aliphatic heterocycles. The summed E-state index contributed by atoms with van der Waals surface area (Å²) in [6.07, 6.45) is 3.16. The van der Waals surface area contributed by atoms with Crippen LogP contribution in [0.15, 0.2) is 18.2 Å². The smallest absolute Gasteiger partial charge is 0.249 e. The second-order valence-corrected chi connectivity index (χ2v) is 7.03. The molecular weight excluding hydrogens is 403 g/mol. The predicted octanol–water partition coefficient (Wildman–Crippen LogP) is 3.06. The molecule has 1 atom stereocenters. The van der Waals surface area contributed by atoms with Gasteiger partial charge in [-0.1, -0.05) is 11.6 Å². The lowest BCUT2D eigenvalue weighted by Gasteiger charge is -2.34. The van der Waals surface area contributed by atoms with E-state index in [0.29, 0.717) is 24.5 Å². The Morgan fingerprint density at radius 2 is 2.00 bits per heavy atom. The minimum Gasteiger partial charge on any atom is -0.331 e. The number of amides is 2. The van der Waals surface area contributed by atoms with E-state index in [0.717, 1.165) is 28.5 Å². The molecule has 21 heavy (non-hydrogen) atoms. The van der Waals surface area contributed by atoms with Gasteiger partial charge in [-0.25, -0.2) is 0 Å². The number of carbonyl (C=O) groups is 2. The highest BCUT2D eigenvalue weighted by Gasteiger charge is 2.38. The zero-order valence-corrected chi connectivity index (χ0v) is 14.4. The maximum absolute atomic E-state index is 12.9. The second kappa shape index (κ2) is 6.12. The summed E-state index contributed by atoms with van der Waals surface area (Å²) in [5.74, 6) is 0.139. The van der Waals surface area contributed by atoms with E-state index in [4.69, 9.17) is 11.6 Å². The molecule has 2 fully saturated rings. The van der Waals surface area contributed by atoms with Crippen LogP contribution < -0.4 is 4.90 Å². The molecule has 1 unspecified atom stereocenters. The van der Waals surface area contributed by atoms with Crippen LogP contribution in [0.5, 0.6) is 0 Å². The van der Waals surface area contributed by atoms with Crippen molar-refractivity contribution in [1.29, 1.82) is 0 Å². The molecule has 2 saturated heterocycles. The summed E-state index contributed by atoms with van der Waals surface area (Å²) in [5, 5.41) is 0.654. The SMILES string of the molecule is O=C1C2CCCCN2C(=O)CCN1c1ccc(Cl)cc1I. The highest BCUT2D eigenvalue weighted by atomic mass is 127. The fourth-order valence-corrected chi connectivity index (χ4v) is 4.23. The van der Waals surface area contributed by atoms with Gasteiger partial charge in [-0.3, -0.25) is 9.59 Å². The van der Waals surface area contributed by atoms with E-state index >= 15 is 0 Å². The number of rotatable bonds is 1. The van der Waals surface area contributed by atoms with Crippen LogP contribution in [0, 0.1) is 3.57 Å². The van der Waals surface area contributed by atoms with Gasteiger partial charge in [0.2, 0.25) is 11.8 Å². The molecule has 0 N–H and O–H groups in total. The van der Waals surface area contributed by atoms with Gasteiger partial charge in [0, 0.05) is 28.1 Å². The largest absolute Gasteiger partial charge is 0.331 e. The zero-order valence-electron chi connectivity index (χ0n) is 11.5. The Morgan fingerprint density at radius 1 is 1.19 bits per heavy atom. The summed E-state index contributed by atoms with van der Waals surface area (Å²) >= 11 is 8.17. The van der Waals surface area contributed by atoms with Gasteiger partial charge >= 0.3 is 0 Å². The highest BCUT2D eigenvalue weighted by molar-refractivity contribution is 14.1. The van der Waals surface area contributed by atoms with E-state index in [1.807, 2.05) is 12.1 Å². The van der Waals surface area contributed by atoms with E-state index in [1.54, 1.807) is 15.9 Å². The standard InChI is InChI=1S/C15H16ClIN2O2/c16-10-4-5-12(11(17)9-10)19-8-6-14(20)18-7-2-1-3-13(18)15(19)21/h4-5,9,13H,1-3,6-8H2. The van der Waals surface area contributed by atoms with Gasteiger partial charge in [0.1, 0.15) is 6.04 Å². The minimum atomic E-state index is -0.291. The zero-order chi connectivity index (χ0) is 15.0. The molecule has 0 aromatic heterocycles. The van der Waals surface area contributed by atoms with Crippen molar-refractivity contribution in [2.75, 3.05) is 18.0 Å². The number of fused-ring (bicyclic) bond motifs is 1. The van der Waals surface area contributed by atoms with E-state index < -0.39 is 0 Å². The molecule has 0 radical (unpaired) electrons. The van der Waals surface area contributed by atoms with Crippen LogP contribution in [0.1, 0.15) is 25.7 Å². The molecule has 2 heterocycles. The summed E-state index contributed by atoms with van der Waals surface area (Å²) in [6.45, 7) is 1.16. The first kappa shape index (κ1) is 15.1. The monoisotopic (exact) mass is 418 g/mol. The van der Waals surface area contributed by atoms with Crippen molar-refractivity contribution in [2.24, 2.45) is 0 Å². The average molecular weight is 419 g/mol. The molecule has 1 aromatic carbocycles. The number of piperidine rings is 1. The first-order valence-corrected chi connectivity index (χ1v) is 8.59. The van der Waals surface area contributed by atoms with Crippen molar-refractivity contribution in [2.45, 2.75) is 31.7 Å². The second-order valence-electron chi connectivity index (χ2n) is 5.43. The van der Waals surface area contributed by atoms with Crippen LogP contribution >= 0.6 is 34.2 Å². The van der Waals surface area contributed by atoms with Gasteiger partial charge in [0.05, 0.1) is 5.69 Å². The topological polar surface area (TPSA) is 40.6 Å². The third-order valence-corrected chi connectivity index (χ3v) is 5.22. The fourth-order valence-electron chi connectivity index (χ4n) is 3.07. The maximum atomic E-state index is 12.9. The molecule has 0 spiro atoms. The van der Waals surface area contributed by atoms with Crippen LogP contribution in [0.2, 0.25) is 5.02 Å². The van der Waals surface area contributed by atoms with Crippen molar-refractivity contribution in [3.05, 3.63) is 26.8 Å². The van der Waals surface area contributed by atoms with E-state index in [-0.39, 0.29) is 17.9 Å². The molecule has 3 rings (SSSR count). The van der Waals surface area contributed by atoms with Gasteiger partial charge in [-0.2, -0.15) is 0 Å². The Hall–Kier alpha value is -0.820. The maximum Gasteiger partial charge on any atom is 0.249 e. The van der Waals surface area contributed by atoms with Crippen molar-refractivity contribution in [3.63, 3.8) is 0 Å². The summed E-state index contributed by atoms with van der Waals surface area (Å²) in [7, 11) is 0. The molecule has 112 valence electrons. The van der Waals surface area contributed by atoms with Gasteiger partial charge in [0.25, 0.3) is 0 Å².